The van der Waals surface area contributed by atoms with Crippen molar-refractivity contribution < 1.29 is 24.6 Å². The number of aromatic nitrogens is 2. The van der Waals surface area contributed by atoms with Crippen LogP contribution in [0.3, 0.4) is 0 Å². The average Bonchev–Trinajstić information content (AvgIpc) is 3.16. The maximum absolute atomic E-state index is 12.6. The van der Waals surface area contributed by atoms with Crippen LogP contribution in [0.15, 0.2) is 48.5 Å². The van der Waals surface area contributed by atoms with Crippen LogP contribution in [0.1, 0.15) is 57.6 Å². The van der Waals surface area contributed by atoms with E-state index < -0.39 is 11.9 Å². The Kier molecular flexibility index (Phi) is 9.61. The van der Waals surface area contributed by atoms with Crippen molar-refractivity contribution in [2.75, 3.05) is 18.5 Å². The lowest BCUT2D eigenvalue weighted by molar-refractivity contribution is -0.120. The summed E-state index contributed by atoms with van der Waals surface area (Å²) in [6.45, 7) is 2.53. The summed E-state index contributed by atoms with van der Waals surface area (Å²) < 4.78 is 1.94. The van der Waals surface area contributed by atoms with Crippen LogP contribution in [0.25, 0.3) is 0 Å². The maximum atomic E-state index is 12.6. The Morgan fingerprint density at radius 1 is 1.06 bits per heavy atom. The molecule has 0 saturated carbocycles. The van der Waals surface area contributed by atoms with Gasteiger partial charge in [0.15, 0.2) is 5.15 Å². The smallest absolute Gasteiger partial charge is 0.336 e. The van der Waals surface area contributed by atoms with Gasteiger partial charge in [0, 0.05) is 25.2 Å². The molecule has 3 aromatic rings. The minimum Gasteiger partial charge on any atom is -0.478 e. The molecule has 10 heteroatoms. The Bertz CT molecular complexity index is 1220. The molecule has 3 rings (SSSR count). The van der Waals surface area contributed by atoms with Crippen LogP contribution in [0.2, 0.25) is 5.15 Å². The largest absolute Gasteiger partial charge is 0.478 e. The Morgan fingerprint density at radius 2 is 1.75 bits per heavy atom. The van der Waals surface area contributed by atoms with Gasteiger partial charge in [-0.05, 0) is 36.2 Å². The minimum atomic E-state index is -1.17. The van der Waals surface area contributed by atoms with Gasteiger partial charge in [-0.15, -0.1) is 0 Å². The summed E-state index contributed by atoms with van der Waals surface area (Å²) in [5.41, 5.74) is 2.02. The number of nitrogens with one attached hydrogen (secondary N) is 2. The van der Waals surface area contributed by atoms with Crippen molar-refractivity contribution >= 4 is 35.1 Å². The fourth-order valence-corrected chi connectivity index (χ4v) is 4.00. The van der Waals surface area contributed by atoms with Crippen LogP contribution in [0, 0.1) is 0 Å². The van der Waals surface area contributed by atoms with Gasteiger partial charge in [0.1, 0.15) is 5.82 Å². The molecule has 0 aliphatic heterocycles. The molecule has 2 amide bonds. The number of amides is 2. The first-order valence-electron chi connectivity index (χ1n) is 11.7. The first-order chi connectivity index (χ1) is 17.3. The molecule has 0 aliphatic rings. The summed E-state index contributed by atoms with van der Waals surface area (Å²) in [4.78, 5) is 40.8. The van der Waals surface area contributed by atoms with Gasteiger partial charge in [-0.2, -0.15) is 0 Å². The van der Waals surface area contributed by atoms with Crippen LogP contribution < -0.4 is 10.6 Å². The van der Waals surface area contributed by atoms with Crippen molar-refractivity contribution in [3.05, 3.63) is 81.9 Å². The van der Waals surface area contributed by atoms with Crippen molar-refractivity contribution in [2.45, 2.75) is 39.2 Å². The molecule has 0 unspecified atom stereocenters. The number of rotatable bonds is 12. The minimum absolute atomic E-state index is 0.0368. The lowest BCUT2D eigenvalue weighted by atomic mass is 10.1. The van der Waals surface area contributed by atoms with Crippen molar-refractivity contribution in [1.82, 2.24) is 14.9 Å². The highest BCUT2D eigenvalue weighted by Crippen LogP contribution is 2.22. The zero-order valence-corrected chi connectivity index (χ0v) is 20.7. The predicted octanol–water partition coefficient (Wildman–Crippen LogP) is 3.53. The van der Waals surface area contributed by atoms with Gasteiger partial charge in [-0.25, -0.2) is 9.78 Å². The number of unbranched alkanes of at least 4 members (excludes halogenated alkanes) is 1. The quantitative estimate of drug-likeness (QED) is 0.293. The summed E-state index contributed by atoms with van der Waals surface area (Å²) >= 11 is 6.40. The predicted molar refractivity (Wildman–Crippen MR) is 137 cm³/mol. The zero-order chi connectivity index (χ0) is 26.1. The molecule has 1 heterocycles. The number of hydrogen-bond acceptors (Lipinski definition) is 5. The fraction of sp³-hybridized carbons (Fsp3) is 0.308. The van der Waals surface area contributed by atoms with Crippen molar-refractivity contribution in [3.63, 3.8) is 0 Å². The molecule has 0 radical (unpaired) electrons. The van der Waals surface area contributed by atoms with Crippen LogP contribution in [0.5, 0.6) is 0 Å². The monoisotopic (exact) mass is 512 g/mol. The molecule has 2 aromatic carbocycles. The van der Waals surface area contributed by atoms with Gasteiger partial charge in [0.2, 0.25) is 5.91 Å². The fourth-order valence-electron chi connectivity index (χ4n) is 3.74. The highest BCUT2D eigenvalue weighted by atomic mass is 35.5. The van der Waals surface area contributed by atoms with Crippen molar-refractivity contribution in [1.29, 1.82) is 0 Å². The van der Waals surface area contributed by atoms with Crippen LogP contribution in [-0.4, -0.2) is 50.7 Å². The number of benzene rings is 2. The standard InChI is InChI=1S/C26H29ClN4O5/c1-2-3-8-22-30-24(27)21(15-23(33)28-13-14-32)31(22)16-17-9-11-18(12-10-17)29-25(34)19-6-4-5-7-20(19)26(35)36/h4-7,9-12,32H,2-3,8,13-16H2,1H3,(H,28,33)(H,29,34)(H,35,36). The van der Waals surface area contributed by atoms with E-state index in [1.54, 1.807) is 24.3 Å². The van der Waals surface area contributed by atoms with Gasteiger partial charge in [-0.3, -0.25) is 9.59 Å². The Labute approximate surface area is 214 Å². The SMILES string of the molecule is CCCCc1nc(Cl)c(CC(=O)NCCO)n1Cc1ccc(NC(=O)c2ccccc2C(=O)O)cc1. The number of anilines is 1. The molecule has 1 aromatic heterocycles. The number of halogens is 1. The molecule has 0 spiro atoms. The van der Waals surface area contributed by atoms with Gasteiger partial charge in [0.25, 0.3) is 5.91 Å². The molecule has 36 heavy (non-hydrogen) atoms. The van der Waals surface area contributed by atoms with E-state index >= 15 is 0 Å². The van der Waals surface area contributed by atoms with E-state index in [0.29, 0.717) is 24.3 Å². The Morgan fingerprint density at radius 3 is 2.39 bits per heavy atom. The number of imidazole rings is 1. The summed E-state index contributed by atoms with van der Waals surface area (Å²) in [5, 5.41) is 23.9. The second-order valence-corrected chi connectivity index (χ2v) is 8.57. The van der Waals surface area contributed by atoms with E-state index in [2.05, 4.69) is 22.5 Å². The number of carboxylic acids is 1. The van der Waals surface area contributed by atoms with Gasteiger partial charge in [-0.1, -0.05) is 49.2 Å². The molecule has 0 aliphatic carbocycles. The number of carboxylic acid groups (broad SMARTS) is 1. The third kappa shape index (κ3) is 6.93. The summed E-state index contributed by atoms with van der Waals surface area (Å²) in [6.07, 6.45) is 2.66. The van der Waals surface area contributed by atoms with E-state index in [1.807, 2.05) is 16.7 Å². The Balaban J connectivity index is 1.78. The number of carbonyl (C=O) groups is 3. The second-order valence-electron chi connectivity index (χ2n) is 8.21. The number of aromatic carboxylic acids is 1. The third-order valence-corrected chi connectivity index (χ3v) is 5.88. The molecule has 0 bridgehead atoms. The van der Waals surface area contributed by atoms with E-state index in [0.717, 1.165) is 24.2 Å². The lowest BCUT2D eigenvalue weighted by Crippen LogP contribution is -2.29. The first kappa shape index (κ1) is 26.9. The summed E-state index contributed by atoms with van der Waals surface area (Å²) in [5.74, 6) is -1.15. The molecule has 0 saturated heterocycles. The van der Waals surface area contributed by atoms with Crippen LogP contribution in [0.4, 0.5) is 5.69 Å². The molecular formula is C26H29ClN4O5. The molecule has 0 fully saturated rings. The molecule has 9 nitrogen and oxygen atoms in total. The number of hydrogen-bond donors (Lipinski definition) is 4. The van der Waals surface area contributed by atoms with Crippen molar-refractivity contribution in [3.8, 4) is 0 Å². The number of aliphatic hydroxyl groups is 1. The summed E-state index contributed by atoms with van der Waals surface area (Å²) in [7, 11) is 0. The topological polar surface area (TPSA) is 134 Å². The summed E-state index contributed by atoms with van der Waals surface area (Å²) in [6, 6.07) is 13.2. The maximum Gasteiger partial charge on any atom is 0.336 e. The van der Waals surface area contributed by atoms with Gasteiger partial charge in [0.05, 0.1) is 29.8 Å². The lowest BCUT2D eigenvalue weighted by Gasteiger charge is -2.13. The molecule has 0 atom stereocenters. The molecule has 4 N–H and O–H groups in total. The molecule has 190 valence electrons. The number of carbonyl (C=O) groups excluding carboxylic acids is 2. The first-order valence-corrected chi connectivity index (χ1v) is 12.1. The second kappa shape index (κ2) is 12.9. The number of aliphatic hydroxyl groups excluding tert-OH is 1. The number of nitrogens with zero attached hydrogens (tertiary/aromatic N) is 2. The van der Waals surface area contributed by atoms with Gasteiger partial charge >= 0.3 is 5.97 Å². The van der Waals surface area contributed by atoms with Gasteiger partial charge < -0.3 is 25.4 Å². The highest BCUT2D eigenvalue weighted by Gasteiger charge is 2.19. The van der Waals surface area contributed by atoms with Crippen LogP contribution in [-0.2, 0) is 24.2 Å². The highest BCUT2D eigenvalue weighted by molar-refractivity contribution is 6.30. The van der Waals surface area contributed by atoms with Crippen LogP contribution >= 0.6 is 11.6 Å². The average molecular weight is 513 g/mol. The van der Waals surface area contributed by atoms with Crippen molar-refractivity contribution in [2.24, 2.45) is 0 Å². The van der Waals surface area contributed by atoms with E-state index in [4.69, 9.17) is 16.7 Å². The normalized spacial score (nSPS) is 10.8. The zero-order valence-electron chi connectivity index (χ0n) is 20.0. The van der Waals surface area contributed by atoms with E-state index in [1.165, 1.54) is 12.1 Å². The third-order valence-electron chi connectivity index (χ3n) is 5.57. The Hall–Kier alpha value is -3.69. The number of aryl methyl sites for hydroxylation is 1. The molecular weight excluding hydrogens is 484 g/mol. The van der Waals surface area contributed by atoms with E-state index in [9.17, 15) is 19.5 Å². The van der Waals surface area contributed by atoms with E-state index in [-0.39, 0.29) is 41.8 Å².